The van der Waals surface area contributed by atoms with E-state index >= 15 is 0 Å². The fourth-order valence-electron chi connectivity index (χ4n) is 4.73. The van der Waals surface area contributed by atoms with Crippen LogP contribution in [0.3, 0.4) is 0 Å². The van der Waals surface area contributed by atoms with Gasteiger partial charge in [-0.25, -0.2) is 0 Å². The molecule has 2 bridgehead atoms. The van der Waals surface area contributed by atoms with E-state index in [9.17, 15) is 0 Å². The molecule has 4 saturated carbocycles. The van der Waals surface area contributed by atoms with Crippen molar-refractivity contribution in [3.8, 4) is 5.75 Å². The van der Waals surface area contributed by atoms with Crippen LogP contribution in [0.15, 0.2) is 24.3 Å². The number of hydrogen-bond acceptors (Lipinski definition) is 1. The molecule has 2 atom stereocenters. The zero-order valence-corrected chi connectivity index (χ0v) is 12.0. The molecule has 104 valence electrons. The third-order valence-corrected chi connectivity index (χ3v) is 5.69. The van der Waals surface area contributed by atoms with Crippen LogP contribution >= 0.6 is 0 Å². The highest BCUT2D eigenvalue weighted by Crippen LogP contribution is 2.55. The summed E-state index contributed by atoms with van der Waals surface area (Å²) in [5.74, 6) is 5.07. The fraction of sp³-hybridized carbons (Fsp3) is 0.667. The molecule has 0 saturated heterocycles. The molecule has 1 aromatic rings. The maximum absolute atomic E-state index is 8.76. The summed E-state index contributed by atoms with van der Waals surface area (Å²) in [5, 5.41) is 8.76. The number of benzene rings is 1. The summed E-state index contributed by atoms with van der Waals surface area (Å²) < 4.78 is 0. The zero-order chi connectivity index (χ0) is 13.2. The molecule has 4 aliphatic rings. The summed E-state index contributed by atoms with van der Waals surface area (Å²) >= 11 is 0. The molecule has 0 aromatic heterocycles. The maximum atomic E-state index is 8.76. The van der Waals surface area contributed by atoms with Gasteiger partial charge in [0.2, 0.25) is 0 Å². The Hall–Kier alpha value is -0.980. The van der Waals surface area contributed by atoms with Gasteiger partial charge in [0.05, 0.1) is 0 Å². The number of fused-ring (bicyclic) bond motifs is 2. The number of phenols is 1. The number of phenolic OH excluding ortho intramolecular Hbond substituents is 1. The van der Waals surface area contributed by atoms with Crippen LogP contribution in [0.25, 0.3) is 0 Å². The minimum atomic E-state index is 0.329. The van der Waals surface area contributed by atoms with Gasteiger partial charge in [-0.15, -0.1) is 0 Å². The molecule has 1 nitrogen and oxygen atoms in total. The Bertz CT molecular complexity index is 361. The summed E-state index contributed by atoms with van der Waals surface area (Å²) in [6, 6.07) is 7.09. The topological polar surface area (TPSA) is 20.2 Å². The molecule has 0 radical (unpaired) electrons. The molecule has 1 N–H and O–H groups in total. The van der Waals surface area contributed by atoms with Gasteiger partial charge >= 0.3 is 0 Å². The van der Waals surface area contributed by atoms with Crippen molar-refractivity contribution in [2.24, 2.45) is 23.7 Å². The third-order valence-electron chi connectivity index (χ3n) is 5.69. The number of aromatic hydroxyl groups is 1. The molecule has 1 aromatic carbocycles. The van der Waals surface area contributed by atoms with Gasteiger partial charge in [0.15, 0.2) is 0 Å². The van der Waals surface area contributed by atoms with Crippen molar-refractivity contribution in [2.45, 2.75) is 51.9 Å². The Balaban J connectivity index is 0.000000123. The van der Waals surface area contributed by atoms with E-state index in [2.05, 4.69) is 0 Å². The van der Waals surface area contributed by atoms with Gasteiger partial charge in [-0.1, -0.05) is 24.1 Å². The van der Waals surface area contributed by atoms with Gasteiger partial charge in [-0.3, -0.25) is 0 Å². The predicted molar refractivity (Wildman–Crippen MR) is 79.1 cm³/mol. The minimum absolute atomic E-state index is 0.329. The second-order valence-corrected chi connectivity index (χ2v) is 6.77. The Morgan fingerprint density at radius 3 is 1.68 bits per heavy atom. The Labute approximate surface area is 117 Å². The van der Waals surface area contributed by atoms with Crippen molar-refractivity contribution in [3.63, 3.8) is 0 Å². The average molecular weight is 258 g/mol. The van der Waals surface area contributed by atoms with Crippen molar-refractivity contribution in [2.75, 3.05) is 0 Å². The molecule has 0 aliphatic heterocycles. The number of hydrogen-bond donors (Lipinski definition) is 1. The van der Waals surface area contributed by atoms with Crippen LogP contribution in [-0.2, 0) is 0 Å². The highest BCUT2D eigenvalue weighted by atomic mass is 16.3. The highest BCUT2D eigenvalue weighted by Gasteiger charge is 2.45. The summed E-state index contributed by atoms with van der Waals surface area (Å²) in [7, 11) is 0. The molecule has 0 spiro atoms. The molecule has 5 rings (SSSR count). The van der Waals surface area contributed by atoms with Crippen LogP contribution in [0.5, 0.6) is 5.75 Å². The Kier molecular flexibility index (Phi) is 3.81. The van der Waals surface area contributed by atoms with E-state index in [1.807, 2.05) is 19.1 Å². The first-order chi connectivity index (χ1) is 9.24. The summed E-state index contributed by atoms with van der Waals surface area (Å²) in [6.07, 6.45) is 11.1. The highest BCUT2D eigenvalue weighted by molar-refractivity contribution is 5.24. The van der Waals surface area contributed by atoms with Crippen molar-refractivity contribution in [1.29, 1.82) is 0 Å². The smallest absolute Gasteiger partial charge is 0.115 e. The molecule has 1 heteroatoms. The van der Waals surface area contributed by atoms with E-state index in [1.54, 1.807) is 57.1 Å². The first kappa shape index (κ1) is 13.0. The Morgan fingerprint density at radius 1 is 0.789 bits per heavy atom. The standard InChI is InChI=1S/C11H18.C7H8O/c1-2-10-8-4-6-9(7-5-8)11(10)3-1;1-6-2-4-7(8)5-3-6/h8-11H,1-7H2;2-5,8H,1H3. The molecule has 4 aliphatic carbocycles. The minimum Gasteiger partial charge on any atom is -0.508 e. The van der Waals surface area contributed by atoms with Crippen LogP contribution in [0.2, 0.25) is 0 Å². The van der Waals surface area contributed by atoms with Crippen LogP contribution in [-0.4, -0.2) is 5.11 Å². The van der Waals surface area contributed by atoms with E-state index in [0.29, 0.717) is 5.75 Å². The Morgan fingerprint density at radius 2 is 1.26 bits per heavy atom. The molecule has 0 amide bonds. The van der Waals surface area contributed by atoms with Crippen LogP contribution < -0.4 is 0 Å². The van der Waals surface area contributed by atoms with Crippen LogP contribution in [0.1, 0.15) is 50.5 Å². The van der Waals surface area contributed by atoms with Gasteiger partial charge in [0.1, 0.15) is 5.75 Å². The summed E-state index contributed by atoms with van der Waals surface area (Å²) in [6.45, 7) is 1.99. The van der Waals surface area contributed by atoms with Crippen molar-refractivity contribution < 1.29 is 5.11 Å². The largest absolute Gasteiger partial charge is 0.508 e. The second-order valence-electron chi connectivity index (χ2n) is 6.77. The summed E-state index contributed by atoms with van der Waals surface area (Å²) in [4.78, 5) is 0. The van der Waals surface area contributed by atoms with Crippen molar-refractivity contribution in [3.05, 3.63) is 29.8 Å². The monoisotopic (exact) mass is 258 g/mol. The van der Waals surface area contributed by atoms with Gasteiger partial charge in [0.25, 0.3) is 0 Å². The molecular formula is C18H26O. The zero-order valence-electron chi connectivity index (χ0n) is 12.0. The van der Waals surface area contributed by atoms with Gasteiger partial charge < -0.3 is 5.11 Å². The lowest BCUT2D eigenvalue weighted by atomic mass is 9.60. The van der Waals surface area contributed by atoms with Gasteiger partial charge in [-0.05, 0) is 81.3 Å². The van der Waals surface area contributed by atoms with E-state index < -0.39 is 0 Å². The van der Waals surface area contributed by atoms with Crippen molar-refractivity contribution >= 4 is 0 Å². The van der Waals surface area contributed by atoms with Crippen molar-refractivity contribution in [1.82, 2.24) is 0 Å². The van der Waals surface area contributed by atoms with Crippen LogP contribution in [0.4, 0.5) is 0 Å². The lowest BCUT2D eigenvalue weighted by Gasteiger charge is -2.45. The first-order valence-electron chi connectivity index (χ1n) is 7.99. The lowest BCUT2D eigenvalue weighted by Crippen LogP contribution is -2.36. The van der Waals surface area contributed by atoms with Crippen LogP contribution in [0, 0.1) is 30.6 Å². The normalized spacial score (nSPS) is 35.4. The molecule has 4 fully saturated rings. The molecule has 2 unspecified atom stereocenters. The SMILES string of the molecule is C1CC2C3CCC(CC3)C2C1.Cc1ccc(O)cc1. The van der Waals surface area contributed by atoms with E-state index in [1.165, 1.54) is 29.2 Å². The molecule has 0 heterocycles. The summed E-state index contributed by atoms with van der Waals surface area (Å²) in [5.41, 5.74) is 1.17. The first-order valence-corrected chi connectivity index (χ1v) is 7.99. The molecule has 19 heavy (non-hydrogen) atoms. The van der Waals surface area contributed by atoms with E-state index in [-0.39, 0.29) is 0 Å². The van der Waals surface area contributed by atoms with E-state index in [4.69, 9.17) is 5.11 Å². The number of rotatable bonds is 0. The average Bonchev–Trinajstić information content (AvgIpc) is 2.96. The third kappa shape index (κ3) is 2.80. The quantitative estimate of drug-likeness (QED) is 0.700. The second kappa shape index (κ2) is 5.56. The van der Waals surface area contributed by atoms with Gasteiger partial charge in [-0.2, -0.15) is 0 Å². The van der Waals surface area contributed by atoms with Gasteiger partial charge in [0, 0.05) is 0 Å². The maximum Gasteiger partial charge on any atom is 0.115 e. The lowest BCUT2D eigenvalue weighted by molar-refractivity contribution is 0.0455. The number of aryl methyl sites for hydroxylation is 1. The fourth-order valence-corrected chi connectivity index (χ4v) is 4.73. The molecular weight excluding hydrogens is 232 g/mol. The van der Waals surface area contributed by atoms with E-state index in [0.717, 1.165) is 0 Å². The predicted octanol–water partition coefficient (Wildman–Crippen LogP) is 4.92.